The largest absolute Gasteiger partial charge is 0.292 e. The normalized spacial score (nSPS) is 20.6. The van der Waals surface area contributed by atoms with Crippen LogP contribution in [0, 0.1) is 17.3 Å². The van der Waals surface area contributed by atoms with Crippen molar-refractivity contribution in [3.05, 3.63) is 54.1 Å². The summed E-state index contributed by atoms with van der Waals surface area (Å²) in [5.74, 6) is 6.58. The molecule has 0 saturated heterocycles. The van der Waals surface area contributed by atoms with Crippen molar-refractivity contribution in [2.24, 2.45) is 5.41 Å². The van der Waals surface area contributed by atoms with E-state index < -0.39 is 5.41 Å². The Hall–Kier alpha value is -2.07. The van der Waals surface area contributed by atoms with Crippen LogP contribution in [0.4, 0.5) is 0 Å². The smallest absolute Gasteiger partial charge is 0.185 e. The molecule has 2 rings (SSSR count). The molecule has 0 N–H and O–H groups in total. The predicted molar refractivity (Wildman–Crippen MR) is 88.6 cm³/mol. The minimum atomic E-state index is -0.624. The van der Waals surface area contributed by atoms with Crippen LogP contribution in [0.2, 0.25) is 0 Å². The Morgan fingerprint density at radius 3 is 2.57 bits per heavy atom. The second kappa shape index (κ2) is 6.59. The third kappa shape index (κ3) is 2.72. The molecule has 1 unspecified atom stereocenters. The molecule has 0 bridgehead atoms. The second-order valence-electron chi connectivity index (χ2n) is 5.50. The second-order valence-corrected chi connectivity index (χ2v) is 5.50. The van der Waals surface area contributed by atoms with Gasteiger partial charge in [0.1, 0.15) is 5.41 Å². The van der Waals surface area contributed by atoms with Gasteiger partial charge in [-0.05, 0) is 30.9 Å². The van der Waals surface area contributed by atoms with Crippen molar-refractivity contribution in [2.45, 2.75) is 39.5 Å². The lowest BCUT2D eigenvalue weighted by molar-refractivity contribution is -0.120. The molecule has 0 heterocycles. The molecule has 21 heavy (non-hydrogen) atoms. The zero-order chi connectivity index (χ0) is 15.3. The van der Waals surface area contributed by atoms with Crippen LogP contribution >= 0.6 is 0 Å². The lowest BCUT2D eigenvalue weighted by atomic mass is 9.60. The molecular weight excluding hydrogens is 256 g/mol. The molecule has 1 aliphatic carbocycles. The average molecular weight is 278 g/mol. The number of Topliss-reactive ketones (excluding diaryl/α,β-unsaturated/α-hetero) is 1. The maximum Gasteiger partial charge on any atom is 0.185 e. The lowest BCUT2D eigenvalue weighted by Gasteiger charge is -2.39. The van der Waals surface area contributed by atoms with E-state index in [1.165, 1.54) is 0 Å². The zero-order valence-corrected chi connectivity index (χ0v) is 12.9. The minimum Gasteiger partial charge on any atom is -0.292 e. The van der Waals surface area contributed by atoms with Crippen molar-refractivity contribution in [1.82, 2.24) is 0 Å². The van der Waals surface area contributed by atoms with Crippen LogP contribution in [0.5, 0.6) is 0 Å². The Morgan fingerprint density at radius 2 is 2.00 bits per heavy atom. The summed E-state index contributed by atoms with van der Waals surface area (Å²) in [5, 5.41) is 0. The van der Waals surface area contributed by atoms with Crippen LogP contribution < -0.4 is 0 Å². The van der Waals surface area contributed by atoms with Gasteiger partial charge in [-0.15, -0.1) is 12.5 Å². The minimum absolute atomic E-state index is 0.148. The van der Waals surface area contributed by atoms with Crippen molar-refractivity contribution >= 4 is 11.4 Å². The van der Waals surface area contributed by atoms with E-state index in [2.05, 4.69) is 25.3 Å². The van der Waals surface area contributed by atoms with Crippen LogP contribution in [-0.4, -0.2) is 5.78 Å². The third-order valence-electron chi connectivity index (χ3n) is 4.10. The average Bonchev–Trinajstić information content (AvgIpc) is 2.51. The molecule has 0 aromatic heterocycles. The van der Waals surface area contributed by atoms with E-state index in [0.29, 0.717) is 6.42 Å². The number of carbonyl (C=O) groups excluding carboxylic acids is 1. The van der Waals surface area contributed by atoms with Crippen LogP contribution in [0.25, 0.3) is 5.57 Å². The molecule has 108 valence electrons. The standard InChI is InChI=1S/C20H22O/c1-4-6-7-11-15-20(14-5-2)16(3)18(19(20)21)17-12-9-8-10-13-17/h5,8-10,12-13H,2,4,6-7,14H2,1,3H3. The first-order chi connectivity index (χ1) is 10.2. The first-order valence-corrected chi connectivity index (χ1v) is 7.60. The van der Waals surface area contributed by atoms with Gasteiger partial charge < -0.3 is 0 Å². The van der Waals surface area contributed by atoms with E-state index >= 15 is 0 Å². The number of hydrogen-bond donors (Lipinski definition) is 0. The summed E-state index contributed by atoms with van der Waals surface area (Å²) >= 11 is 0. The molecule has 0 amide bonds. The number of hydrogen-bond acceptors (Lipinski definition) is 1. The Balaban J connectivity index is 2.36. The summed E-state index contributed by atoms with van der Waals surface area (Å²) in [4.78, 5) is 12.7. The molecule has 1 heteroatoms. The quantitative estimate of drug-likeness (QED) is 0.429. The van der Waals surface area contributed by atoms with Gasteiger partial charge in [0, 0.05) is 12.0 Å². The highest BCUT2D eigenvalue weighted by Gasteiger charge is 2.49. The lowest BCUT2D eigenvalue weighted by Crippen LogP contribution is -2.41. The van der Waals surface area contributed by atoms with E-state index in [9.17, 15) is 4.79 Å². The maximum absolute atomic E-state index is 12.7. The number of allylic oxidation sites excluding steroid dienone is 3. The van der Waals surface area contributed by atoms with Crippen molar-refractivity contribution < 1.29 is 4.79 Å². The number of ketones is 1. The Bertz CT molecular complexity index is 625. The molecule has 0 spiro atoms. The van der Waals surface area contributed by atoms with Gasteiger partial charge in [0.25, 0.3) is 0 Å². The molecule has 1 atom stereocenters. The van der Waals surface area contributed by atoms with Gasteiger partial charge in [0.15, 0.2) is 5.78 Å². The van der Waals surface area contributed by atoms with Crippen LogP contribution in [0.1, 0.15) is 45.1 Å². The summed E-state index contributed by atoms with van der Waals surface area (Å²) in [6.45, 7) is 7.97. The molecule has 1 aromatic carbocycles. The van der Waals surface area contributed by atoms with Crippen LogP contribution in [0.3, 0.4) is 0 Å². The molecule has 0 aliphatic heterocycles. The first-order valence-electron chi connectivity index (χ1n) is 7.60. The van der Waals surface area contributed by atoms with Gasteiger partial charge in [-0.25, -0.2) is 0 Å². The van der Waals surface area contributed by atoms with Gasteiger partial charge in [-0.1, -0.05) is 55.7 Å². The van der Waals surface area contributed by atoms with Gasteiger partial charge in [-0.2, -0.15) is 0 Å². The van der Waals surface area contributed by atoms with Crippen LogP contribution in [-0.2, 0) is 4.79 Å². The van der Waals surface area contributed by atoms with Crippen LogP contribution in [0.15, 0.2) is 48.6 Å². The molecule has 0 radical (unpaired) electrons. The summed E-state index contributed by atoms with van der Waals surface area (Å²) in [6, 6.07) is 9.86. The fourth-order valence-electron chi connectivity index (χ4n) is 2.80. The Morgan fingerprint density at radius 1 is 1.29 bits per heavy atom. The fourth-order valence-corrected chi connectivity index (χ4v) is 2.80. The number of carbonyl (C=O) groups is 1. The predicted octanol–water partition coefficient (Wildman–Crippen LogP) is 4.80. The zero-order valence-electron chi connectivity index (χ0n) is 12.9. The summed E-state index contributed by atoms with van der Waals surface area (Å²) in [7, 11) is 0. The molecule has 1 aliphatic rings. The third-order valence-corrected chi connectivity index (χ3v) is 4.10. The number of benzene rings is 1. The van der Waals surface area contributed by atoms with Gasteiger partial charge in [0.2, 0.25) is 0 Å². The fraction of sp³-hybridized carbons (Fsp3) is 0.350. The Kier molecular flexibility index (Phi) is 4.81. The summed E-state index contributed by atoms with van der Waals surface area (Å²) < 4.78 is 0. The van der Waals surface area contributed by atoms with E-state index in [-0.39, 0.29) is 5.78 Å². The van der Waals surface area contributed by atoms with E-state index in [4.69, 9.17) is 0 Å². The van der Waals surface area contributed by atoms with E-state index in [1.807, 2.05) is 37.3 Å². The molecule has 0 fully saturated rings. The molecule has 0 saturated carbocycles. The highest BCUT2D eigenvalue weighted by molar-refractivity contribution is 6.33. The van der Waals surface area contributed by atoms with Crippen molar-refractivity contribution in [2.75, 3.05) is 0 Å². The summed E-state index contributed by atoms with van der Waals surface area (Å²) in [5.41, 5.74) is 2.29. The Labute approximate surface area is 127 Å². The SMILES string of the molecule is C=CCC1(C#CCCCC)C(=O)C(c2ccccc2)=C1C. The highest BCUT2D eigenvalue weighted by atomic mass is 16.1. The number of unbranched alkanes of at least 4 members (excludes halogenated alkanes) is 2. The molecule has 1 nitrogen and oxygen atoms in total. The summed E-state index contributed by atoms with van der Waals surface area (Å²) in [6.07, 6.45) is 5.47. The van der Waals surface area contributed by atoms with E-state index in [1.54, 1.807) is 6.08 Å². The van der Waals surface area contributed by atoms with Gasteiger partial charge in [0.05, 0.1) is 0 Å². The highest BCUT2D eigenvalue weighted by Crippen LogP contribution is 2.49. The van der Waals surface area contributed by atoms with Crippen molar-refractivity contribution in [3.8, 4) is 11.8 Å². The van der Waals surface area contributed by atoms with Crippen molar-refractivity contribution in [1.29, 1.82) is 0 Å². The van der Waals surface area contributed by atoms with Gasteiger partial charge >= 0.3 is 0 Å². The molecular formula is C20H22O. The number of rotatable bonds is 5. The molecule has 1 aromatic rings. The topological polar surface area (TPSA) is 17.1 Å². The monoisotopic (exact) mass is 278 g/mol. The van der Waals surface area contributed by atoms with Crippen molar-refractivity contribution in [3.63, 3.8) is 0 Å². The van der Waals surface area contributed by atoms with E-state index in [0.717, 1.165) is 36.0 Å². The van der Waals surface area contributed by atoms with Gasteiger partial charge in [-0.3, -0.25) is 4.79 Å². The maximum atomic E-state index is 12.7. The first kappa shape index (κ1) is 15.3.